The van der Waals surface area contributed by atoms with Gasteiger partial charge in [0.05, 0.1) is 5.25 Å². The van der Waals surface area contributed by atoms with Crippen LogP contribution in [0, 0.1) is 5.92 Å². The molecule has 1 saturated carbocycles. The van der Waals surface area contributed by atoms with Gasteiger partial charge in [-0.3, -0.25) is 4.79 Å². The standard InChI is InChI=1S/C21H28N2O4S/c24-21(20-14-17-6-4-5-9-19(17)27-20)23-12-10-16(11-13-23)15-22-28(25,26)18-7-2-1-3-8-18/h4-6,9,14,16,18,22H,1-3,7-8,10-13,15H2. The first-order valence-corrected chi connectivity index (χ1v) is 11.8. The minimum atomic E-state index is -3.22. The molecule has 28 heavy (non-hydrogen) atoms. The molecule has 1 amide bonds. The van der Waals surface area contributed by atoms with E-state index >= 15 is 0 Å². The van der Waals surface area contributed by atoms with Gasteiger partial charge in [-0.15, -0.1) is 0 Å². The van der Waals surface area contributed by atoms with Gasteiger partial charge in [0.1, 0.15) is 5.58 Å². The summed E-state index contributed by atoms with van der Waals surface area (Å²) in [7, 11) is -3.22. The number of amides is 1. The van der Waals surface area contributed by atoms with Crippen LogP contribution in [0.2, 0.25) is 0 Å². The fraction of sp³-hybridized carbons (Fsp3) is 0.571. The summed E-state index contributed by atoms with van der Waals surface area (Å²) in [5.74, 6) is 0.563. The highest BCUT2D eigenvalue weighted by atomic mass is 32.2. The van der Waals surface area contributed by atoms with Crippen molar-refractivity contribution in [2.75, 3.05) is 19.6 Å². The average Bonchev–Trinajstić information content (AvgIpc) is 3.17. The SMILES string of the molecule is O=C(c1cc2ccccc2o1)N1CCC(CNS(=O)(=O)C2CCCCC2)CC1. The zero-order valence-electron chi connectivity index (χ0n) is 16.1. The van der Waals surface area contributed by atoms with Crippen molar-refractivity contribution in [2.24, 2.45) is 5.92 Å². The van der Waals surface area contributed by atoms with Crippen molar-refractivity contribution in [1.29, 1.82) is 0 Å². The first kappa shape index (κ1) is 19.5. The molecule has 2 aromatic rings. The lowest BCUT2D eigenvalue weighted by Crippen LogP contribution is -2.43. The van der Waals surface area contributed by atoms with Gasteiger partial charge in [-0.25, -0.2) is 13.1 Å². The quantitative estimate of drug-likeness (QED) is 0.827. The van der Waals surface area contributed by atoms with E-state index in [0.717, 1.165) is 55.9 Å². The molecule has 1 aliphatic carbocycles. The number of para-hydroxylation sites is 1. The van der Waals surface area contributed by atoms with Gasteiger partial charge in [0.15, 0.2) is 5.76 Å². The lowest BCUT2D eigenvalue weighted by atomic mass is 9.97. The van der Waals surface area contributed by atoms with Crippen molar-refractivity contribution < 1.29 is 17.6 Å². The van der Waals surface area contributed by atoms with Crippen LogP contribution in [-0.4, -0.2) is 44.1 Å². The number of nitrogens with one attached hydrogen (secondary N) is 1. The normalized spacial score (nSPS) is 19.9. The average molecular weight is 405 g/mol. The Hall–Kier alpha value is -1.86. The molecule has 7 heteroatoms. The maximum absolute atomic E-state index is 12.7. The number of fused-ring (bicyclic) bond motifs is 1. The molecule has 1 aromatic carbocycles. The summed E-state index contributed by atoms with van der Waals surface area (Å²) in [6.45, 7) is 1.74. The Balaban J connectivity index is 1.29. The molecule has 1 aliphatic heterocycles. The minimum absolute atomic E-state index is 0.0857. The van der Waals surface area contributed by atoms with Gasteiger partial charge in [-0.2, -0.15) is 0 Å². The van der Waals surface area contributed by atoms with E-state index in [0.29, 0.717) is 25.4 Å². The number of carbonyl (C=O) groups is 1. The van der Waals surface area contributed by atoms with Crippen LogP contribution in [0.4, 0.5) is 0 Å². The number of piperidine rings is 1. The zero-order valence-corrected chi connectivity index (χ0v) is 16.9. The van der Waals surface area contributed by atoms with E-state index in [1.807, 2.05) is 29.2 Å². The lowest BCUT2D eigenvalue weighted by molar-refractivity contribution is 0.0662. The highest BCUT2D eigenvalue weighted by Crippen LogP contribution is 2.25. The van der Waals surface area contributed by atoms with Crippen molar-refractivity contribution in [1.82, 2.24) is 9.62 Å². The molecule has 0 unspecified atom stereocenters. The number of benzene rings is 1. The summed E-state index contributed by atoms with van der Waals surface area (Å²) in [5, 5.41) is 0.703. The van der Waals surface area contributed by atoms with Crippen LogP contribution in [0.1, 0.15) is 55.5 Å². The van der Waals surface area contributed by atoms with Crippen molar-refractivity contribution in [2.45, 2.75) is 50.2 Å². The molecule has 0 bridgehead atoms. The van der Waals surface area contributed by atoms with Crippen LogP contribution in [0.15, 0.2) is 34.7 Å². The summed E-state index contributed by atoms with van der Waals surface area (Å²) in [6.07, 6.45) is 6.32. The van der Waals surface area contributed by atoms with E-state index in [4.69, 9.17) is 4.42 Å². The fourth-order valence-corrected chi connectivity index (χ4v) is 5.97. The maximum Gasteiger partial charge on any atom is 0.289 e. The minimum Gasteiger partial charge on any atom is -0.451 e. The molecular formula is C21H28N2O4S. The summed E-state index contributed by atoms with van der Waals surface area (Å²) in [6, 6.07) is 9.39. The Bertz CT molecular complexity index is 890. The molecule has 1 N–H and O–H groups in total. The molecule has 0 spiro atoms. The largest absolute Gasteiger partial charge is 0.451 e. The Morgan fingerprint density at radius 3 is 2.50 bits per heavy atom. The van der Waals surface area contributed by atoms with E-state index in [9.17, 15) is 13.2 Å². The topological polar surface area (TPSA) is 79.6 Å². The lowest BCUT2D eigenvalue weighted by Gasteiger charge is -2.32. The predicted octanol–water partition coefficient (Wildman–Crippen LogP) is 3.54. The summed E-state index contributed by atoms with van der Waals surface area (Å²) in [4.78, 5) is 14.5. The second kappa shape index (κ2) is 8.25. The third kappa shape index (κ3) is 4.25. The Morgan fingerprint density at radius 1 is 1.07 bits per heavy atom. The van der Waals surface area contributed by atoms with E-state index in [2.05, 4.69) is 4.72 Å². The van der Waals surface area contributed by atoms with Gasteiger partial charge in [-0.1, -0.05) is 37.5 Å². The molecule has 1 aromatic heterocycles. The molecule has 2 aliphatic rings. The highest BCUT2D eigenvalue weighted by Gasteiger charge is 2.30. The van der Waals surface area contributed by atoms with Crippen molar-refractivity contribution in [3.05, 3.63) is 36.1 Å². The van der Waals surface area contributed by atoms with Crippen molar-refractivity contribution >= 4 is 26.9 Å². The van der Waals surface area contributed by atoms with Gasteiger partial charge in [-0.05, 0) is 43.7 Å². The van der Waals surface area contributed by atoms with Crippen LogP contribution >= 0.6 is 0 Å². The summed E-state index contributed by atoms with van der Waals surface area (Å²) in [5.41, 5.74) is 0.720. The molecule has 1 saturated heterocycles. The third-order valence-corrected chi connectivity index (χ3v) is 8.02. The van der Waals surface area contributed by atoms with Gasteiger partial charge in [0, 0.05) is 25.0 Å². The number of hydrogen-bond acceptors (Lipinski definition) is 4. The second-order valence-electron chi connectivity index (χ2n) is 8.04. The molecule has 2 fully saturated rings. The molecule has 152 valence electrons. The number of nitrogens with zero attached hydrogens (tertiary/aromatic N) is 1. The van der Waals surface area contributed by atoms with E-state index < -0.39 is 10.0 Å². The summed E-state index contributed by atoms with van der Waals surface area (Å²) < 4.78 is 33.5. The van der Waals surface area contributed by atoms with Crippen LogP contribution in [0.25, 0.3) is 11.0 Å². The molecule has 0 radical (unpaired) electrons. The smallest absolute Gasteiger partial charge is 0.289 e. The van der Waals surface area contributed by atoms with Crippen LogP contribution in [0.3, 0.4) is 0 Å². The van der Waals surface area contributed by atoms with E-state index in [1.165, 1.54) is 0 Å². The molecule has 4 rings (SSSR count). The molecular weight excluding hydrogens is 376 g/mol. The van der Waals surface area contributed by atoms with Crippen LogP contribution < -0.4 is 4.72 Å². The first-order valence-electron chi connectivity index (χ1n) is 10.3. The van der Waals surface area contributed by atoms with Gasteiger partial charge in [0.25, 0.3) is 5.91 Å². The number of carbonyl (C=O) groups excluding carboxylic acids is 1. The molecule has 2 heterocycles. The van der Waals surface area contributed by atoms with Crippen LogP contribution in [-0.2, 0) is 10.0 Å². The van der Waals surface area contributed by atoms with E-state index in [-0.39, 0.29) is 17.1 Å². The van der Waals surface area contributed by atoms with Crippen LogP contribution in [0.5, 0.6) is 0 Å². The highest BCUT2D eigenvalue weighted by molar-refractivity contribution is 7.90. The number of furan rings is 1. The number of rotatable bonds is 5. The van der Waals surface area contributed by atoms with Gasteiger partial charge >= 0.3 is 0 Å². The summed E-state index contributed by atoms with van der Waals surface area (Å²) >= 11 is 0. The van der Waals surface area contributed by atoms with Crippen molar-refractivity contribution in [3.8, 4) is 0 Å². The molecule has 6 nitrogen and oxygen atoms in total. The Labute approximate surface area is 166 Å². The van der Waals surface area contributed by atoms with E-state index in [1.54, 1.807) is 6.07 Å². The Morgan fingerprint density at radius 2 is 1.79 bits per heavy atom. The number of likely N-dealkylation sites (tertiary alicyclic amines) is 1. The predicted molar refractivity (Wildman–Crippen MR) is 109 cm³/mol. The Kier molecular flexibility index (Phi) is 5.73. The van der Waals surface area contributed by atoms with Gasteiger partial charge in [0.2, 0.25) is 10.0 Å². The zero-order chi connectivity index (χ0) is 19.6. The number of hydrogen-bond donors (Lipinski definition) is 1. The fourth-order valence-electron chi connectivity index (χ4n) is 4.31. The number of sulfonamides is 1. The van der Waals surface area contributed by atoms with Gasteiger partial charge < -0.3 is 9.32 Å². The first-order chi connectivity index (χ1) is 13.5. The van der Waals surface area contributed by atoms with Crippen molar-refractivity contribution in [3.63, 3.8) is 0 Å². The third-order valence-electron chi connectivity index (χ3n) is 6.10. The monoisotopic (exact) mass is 404 g/mol. The molecule has 0 atom stereocenters. The second-order valence-corrected chi connectivity index (χ2v) is 10.1. The maximum atomic E-state index is 12.7.